The third-order valence-corrected chi connectivity index (χ3v) is 3.43. The van der Waals surface area contributed by atoms with Crippen LogP contribution in [0.5, 0.6) is 0 Å². The Kier molecular flexibility index (Phi) is 6.52. The Morgan fingerprint density at radius 2 is 1.94 bits per heavy atom. The third-order valence-electron chi connectivity index (χ3n) is 3.43. The Morgan fingerprint density at radius 3 is 2.53 bits per heavy atom. The molecule has 0 saturated heterocycles. The van der Waals surface area contributed by atoms with Gasteiger partial charge in [-0.1, -0.05) is 26.2 Å². The Balaban J connectivity index is 2.21. The van der Waals surface area contributed by atoms with E-state index in [1.807, 2.05) is 13.8 Å². The van der Waals surface area contributed by atoms with Crippen molar-refractivity contribution in [2.45, 2.75) is 58.0 Å². The maximum Gasteiger partial charge on any atom is 0.237 e. The molecule has 100 valence electrons. The van der Waals surface area contributed by atoms with Crippen LogP contribution in [-0.4, -0.2) is 36.2 Å². The monoisotopic (exact) mass is 242 g/mol. The van der Waals surface area contributed by atoms with Gasteiger partial charge in [0.15, 0.2) is 0 Å². The van der Waals surface area contributed by atoms with Gasteiger partial charge in [0.05, 0.1) is 6.04 Å². The average Bonchev–Trinajstić information content (AvgIpc) is 2.36. The van der Waals surface area contributed by atoms with Gasteiger partial charge in [-0.15, -0.1) is 0 Å². The first-order chi connectivity index (χ1) is 8.13. The van der Waals surface area contributed by atoms with Crippen molar-refractivity contribution >= 4 is 5.91 Å². The molecule has 0 aromatic rings. The summed E-state index contributed by atoms with van der Waals surface area (Å²) in [7, 11) is 0. The van der Waals surface area contributed by atoms with Crippen molar-refractivity contribution in [2.75, 3.05) is 13.2 Å². The van der Waals surface area contributed by atoms with Crippen LogP contribution in [0.1, 0.15) is 46.0 Å². The molecule has 2 unspecified atom stereocenters. The number of rotatable bonds is 6. The lowest BCUT2D eigenvalue weighted by Crippen LogP contribution is -2.47. The van der Waals surface area contributed by atoms with Crippen LogP contribution in [0.25, 0.3) is 0 Å². The summed E-state index contributed by atoms with van der Waals surface area (Å²) in [6.07, 6.45) is 5.99. The number of amides is 1. The first-order valence-electron chi connectivity index (χ1n) is 6.78. The molecule has 1 aliphatic carbocycles. The van der Waals surface area contributed by atoms with Gasteiger partial charge in [0.2, 0.25) is 5.91 Å². The van der Waals surface area contributed by atoms with E-state index in [1.54, 1.807) is 0 Å². The number of hydrogen-bond acceptors (Lipinski definition) is 3. The molecule has 1 amide bonds. The first kappa shape index (κ1) is 14.5. The number of carbonyl (C=O) groups excluding carboxylic acids is 1. The Morgan fingerprint density at radius 1 is 1.29 bits per heavy atom. The molecule has 4 nitrogen and oxygen atoms in total. The number of hydrogen-bond donors (Lipinski definition) is 3. The standard InChI is InChI=1S/C13H26N2O2/c1-10(9-16)8-14-11(2)13(17)15-12-6-4-3-5-7-12/h10-12,14,16H,3-9H2,1-2H3,(H,15,17). The lowest BCUT2D eigenvalue weighted by molar-refractivity contribution is -0.123. The van der Waals surface area contributed by atoms with E-state index in [4.69, 9.17) is 5.11 Å². The van der Waals surface area contributed by atoms with Crippen molar-refractivity contribution in [3.8, 4) is 0 Å². The molecule has 0 heterocycles. The van der Waals surface area contributed by atoms with Gasteiger partial charge in [0.1, 0.15) is 0 Å². The molecule has 1 aliphatic rings. The quantitative estimate of drug-likeness (QED) is 0.652. The second kappa shape index (κ2) is 7.67. The zero-order valence-electron chi connectivity index (χ0n) is 11.0. The highest BCUT2D eigenvalue weighted by atomic mass is 16.3. The summed E-state index contributed by atoms with van der Waals surface area (Å²) in [4.78, 5) is 11.9. The first-order valence-corrected chi connectivity index (χ1v) is 6.78. The second-order valence-electron chi connectivity index (χ2n) is 5.26. The Hall–Kier alpha value is -0.610. The van der Waals surface area contributed by atoms with Crippen LogP contribution < -0.4 is 10.6 Å². The topological polar surface area (TPSA) is 61.4 Å². The minimum atomic E-state index is -0.175. The van der Waals surface area contributed by atoms with E-state index in [1.165, 1.54) is 19.3 Å². The summed E-state index contributed by atoms with van der Waals surface area (Å²) < 4.78 is 0. The minimum absolute atomic E-state index is 0.0852. The number of nitrogens with one attached hydrogen (secondary N) is 2. The predicted molar refractivity (Wildman–Crippen MR) is 68.7 cm³/mol. The molecule has 0 aromatic carbocycles. The second-order valence-corrected chi connectivity index (χ2v) is 5.26. The van der Waals surface area contributed by atoms with Crippen molar-refractivity contribution in [3.63, 3.8) is 0 Å². The molecule has 3 N–H and O–H groups in total. The fourth-order valence-electron chi connectivity index (χ4n) is 2.11. The SMILES string of the molecule is CC(CO)CNC(C)C(=O)NC1CCCCC1. The van der Waals surface area contributed by atoms with Crippen molar-refractivity contribution in [1.29, 1.82) is 0 Å². The fraction of sp³-hybridized carbons (Fsp3) is 0.923. The van der Waals surface area contributed by atoms with Gasteiger partial charge in [-0.3, -0.25) is 4.79 Å². The molecule has 2 atom stereocenters. The van der Waals surface area contributed by atoms with Crippen LogP contribution in [0, 0.1) is 5.92 Å². The van der Waals surface area contributed by atoms with E-state index in [0.29, 0.717) is 12.6 Å². The van der Waals surface area contributed by atoms with Gasteiger partial charge in [0, 0.05) is 19.2 Å². The summed E-state index contributed by atoms with van der Waals surface area (Å²) in [5.41, 5.74) is 0. The van der Waals surface area contributed by atoms with Crippen LogP contribution in [0.2, 0.25) is 0 Å². The van der Waals surface area contributed by atoms with Gasteiger partial charge >= 0.3 is 0 Å². The molecule has 1 saturated carbocycles. The van der Waals surface area contributed by atoms with Crippen LogP contribution in [-0.2, 0) is 4.79 Å². The molecular weight excluding hydrogens is 216 g/mol. The summed E-state index contributed by atoms with van der Waals surface area (Å²) >= 11 is 0. The number of aliphatic hydroxyl groups is 1. The molecule has 1 fully saturated rings. The van der Waals surface area contributed by atoms with Crippen LogP contribution >= 0.6 is 0 Å². The van der Waals surface area contributed by atoms with Gasteiger partial charge in [-0.2, -0.15) is 0 Å². The molecule has 4 heteroatoms. The van der Waals surface area contributed by atoms with E-state index < -0.39 is 0 Å². The van der Waals surface area contributed by atoms with E-state index in [9.17, 15) is 4.79 Å². The summed E-state index contributed by atoms with van der Waals surface area (Å²) in [5, 5.41) is 15.2. The van der Waals surface area contributed by atoms with Gasteiger partial charge < -0.3 is 15.7 Å². The molecule has 0 aromatic heterocycles. The maximum absolute atomic E-state index is 11.9. The summed E-state index contributed by atoms with van der Waals surface area (Å²) in [6.45, 7) is 4.67. The lowest BCUT2D eigenvalue weighted by Gasteiger charge is -2.25. The van der Waals surface area contributed by atoms with Crippen LogP contribution in [0.15, 0.2) is 0 Å². The predicted octanol–water partition coefficient (Wildman–Crippen LogP) is 1.04. The normalized spacial score (nSPS) is 20.9. The third kappa shape index (κ3) is 5.50. The zero-order chi connectivity index (χ0) is 12.7. The van der Waals surface area contributed by atoms with E-state index >= 15 is 0 Å². The maximum atomic E-state index is 11.9. The zero-order valence-corrected chi connectivity index (χ0v) is 11.0. The van der Waals surface area contributed by atoms with Gasteiger partial charge in [0.25, 0.3) is 0 Å². The van der Waals surface area contributed by atoms with E-state index in [0.717, 1.165) is 12.8 Å². The average molecular weight is 242 g/mol. The van der Waals surface area contributed by atoms with Crippen molar-refractivity contribution in [1.82, 2.24) is 10.6 Å². The smallest absolute Gasteiger partial charge is 0.237 e. The molecule has 1 rings (SSSR count). The molecule has 0 bridgehead atoms. The van der Waals surface area contributed by atoms with Crippen LogP contribution in [0.3, 0.4) is 0 Å². The van der Waals surface area contributed by atoms with Crippen LogP contribution in [0.4, 0.5) is 0 Å². The fourth-order valence-corrected chi connectivity index (χ4v) is 2.11. The molecule has 0 radical (unpaired) electrons. The number of aliphatic hydroxyl groups excluding tert-OH is 1. The highest BCUT2D eigenvalue weighted by Crippen LogP contribution is 2.17. The largest absolute Gasteiger partial charge is 0.396 e. The molecular formula is C13H26N2O2. The van der Waals surface area contributed by atoms with Gasteiger partial charge in [-0.05, 0) is 25.7 Å². The minimum Gasteiger partial charge on any atom is -0.396 e. The highest BCUT2D eigenvalue weighted by molar-refractivity contribution is 5.81. The lowest BCUT2D eigenvalue weighted by atomic mass is 9.95. The molecule has 0 aliphatic heterocycles. The summed E-state index contributed by atoms with van der Waals surface area (Å²) in [5.74, 6) is 0.280. The van der Waals surface area contributed by atoms with Gasteiger partial charge in [-0.25, -0.2) is 0 Å². The number of carbonyl (C=O) groups is 1. The highest BCUT2D eigenvalue weighted by Gasteiger charge is 2.19. The van der Waals surface area contributed by atoms with Crippen molar-refractivity contribution in [2.24, 2.45) is 5.92 Å². The van der Waals surface area contributed by atoms with Crippen molar-refractivity contribution < 1.29 is 9.90 Å². The Bertz CT molecular complexity index is 227. The summed E-state index contributed by atoms with van der Waals surface area (Å²) in [6, 6.07) is 0.196. The molecule has 17 heavy (non-hydrogen) atoms. The Labute approximate surface area is 104 Å². The molecule has 0 spiro atoms. The van der Waals surface area contributed by atoms with Crippen molar-refractivity contribution in [3.05, 3.63) is 0 Å². The van der Waals surface area contributed by atoms with E-state index in [2.05, 4.69) is 10.6 Å². The van der Waals surface area contributed by atoms with E-state index in [-0.39, 0.29) is 24.5 Å².